The number of nitrogens with zero attached hydrogens (tertiary/aromatic N) is 1. The highest BCUT2D eigenvalue weighted by Gasteiger charge is 2.28. The molecule has 132 valence electrons. The Morgan fingerprint density at radius 2 is 1.96 bits per heavy atom. The molecule has 0 spiro atoms. The minimum absolute atomic E-state index is 0.00276. The van der Waals surface area contributed by atoms with E-state index in [1.54, 1.807) is 0 Å². The van der Waals surface area contributed by atoms with Crippen LogP contribution >= 0.6 is 0 Å². The van der Waals surface area contributed by atoms with Gasteiger partial charge in [0.15, 0.2) is 5.78 Å². The molecule has 1 aliphatic carbocycles. The highest BCUT2D eigenvalue weighted by atomic mass is 16.1. The van der Waals surface area contributed by atoms with Crippen molar-refractivity contribution in [2.45, 2.75) is 52.5 Å². The van der Waals surface area contributed by atoms with Gasteiger partial charge in [-0.25, -0.2) is 0 Å². The van der Waals surface area contributed by atoms with Crippen LogP contribution in [-0.2, 0) is 24.2 Å². The molecule has 0 saturated carbocycles. The Labute approximate surface area is 149 Å². The van der Waals surface area contributed by atoms with Gasteiger partial charge in [-0.05, 0) is 37.3 Å². The molecule has 4 heteroatoms. The van der Waals surface area contributed by atoms with Gasteiger partial charge in [0, 0.05) is 36.5 Å². The average molecular weight is 338 g/mol. The zero-order chi connectivity index (χ0) is 17.8. The van der Waals surface area contributed by atoms with E-state index in [0.717, 1.165) is 48.3 Å². The summed E-state index contributed by atoms with van der Waals surface area (Å²) in [6.07, 6.45) is 3.60. The Hall–Kier alpha value is -2.36. The molecule has 0 radical (unpaired) electrons. The van der Waals surface area contributed by atoms with Crippen LogP contribution in [-0.4, -0.2) is 22.8 Å². The second-order valence-corrected chi connectivity index (χ2v) is 6.76. The molecule has 2 aromatic rings. The van der Waals surface area contributed by atoms with Crippen molar-refractivity contribution in [2.75, 3.05) is 6.54 Å². The first-order chi connectivity index (χ1) is 12.1. The van der Waals surface area contributed by atoms with Gasteiger partial charge in [0.1, 0.15) is 0 Å². The molecule has 0 bridgehead atoms. The Bertz CT molecular complexity index is 775. The van der Waals surface area contributed by atoms with Crippen LogP contribution in [0.4, 0.5) is 0 Å². The zero-order valence-corrected chi connectivity index (χ0v) is 15.1. The Morgan fingerprint density at radius 1 is 1.20 bits per heavy atom. The molecule has 4 nitrogen and oxygen atoms in total. The summed E-state index contributed by atoms with van der Waals surface area (Å²) >= 11 is 0. The summed E-state index contributed by atoms with van der Waals surface area (Å²) in [5, 5.41) is 2.93. The van der Waals surface area contributed by atoms with Gasteiger partial charge in [-0.15, -0.1) is 0 Å². The van der Waals surface area contributed by atoms with E-state index < -0.39 is 0 Å². The number of ketones is 1. The third kappa shape index (κ3) is 3.68. The first-order valence-corrected chi connectivity index (χ1v) is 9.16. The fourth-order valence-electron chi connectivity index (χ4n) is 3.67. The number of amides is 1. The molecule has 0 saturated heterocycles. The second-order valence-electron chi connectivity index (χ2n) is 6.76. The number of Topliss-reactive ketones (excluding diaryl/α,β-unsaturated/α-hetero) is 1. The van der Waals surface area contributed by atoms with Gasteiger partial charge in [-0.3, -0.25) is 9.59 Å². The normalized spacial score (nSPS) is 13.6. The van der Waals surface area contributed by atoms with Crippen LogP contribution < -0.4 is 5.32 Å². The molecule has 0 unspecified atom stereocenters. The van der Waals surface area contributed by atoms with Crippen molar-refractivity contribution >= 4 is 11.7 Å². The lowest BCUT2D eigenvalue weighted by molar-refractivity contribution is -0.120. The van der Waals surface area contributed by atoms with E-state index in [0.29, 0.717) is 19.4 Å². The molecule has 1 aliphatic rings. The highest BCUT2D eigenvalue weighted by molar-refractivity contribution is 6.01. The van der Waals surface area contributed by atoms with Crippen molar-refractivity contribution in [2.24, 2.45) is 0 Å². The number of hydrogen-bond acceptors (Lipinski definition) is 2. The minimum atomic E-state index is 0.00276. The lowest BCUT2D eigenvalue weighted by atomic mass is 9.92. The standard InChI is InChI=1S/C21H26N2O2/c1-3-12-22-20(25)13-17-15(2)23(14-16-8-5-4-6-9-16)18-10-7-11-19(24)21(17)18/h4-6,8-9H,3,7,10-14H2,1-2H3,(H,22,25). The molecule has 1 N–H and O–H groups in total. The lowest BCUT2D eigenvalue weighted by Gasteiger charge is -2.16. The van der Waals surface area contributed by atoms with Gasteiger partial charge in [0.2, 0.25) is 5.91 Å². The van der Waals surface area contributed by atoms with Crippen molar-refractivity contribution < 1.29 is 9.59 Å². The number of hydrogen-bond donors (Lipinski definition) is 1. The lowest BCUT2D eigenvalue weighted by Crippen LogP contribution is -2.26. The van der Waals surface area contributed by atoms with E-state index in [2.05, 4.69) is 22.0 Å². The topological polar surface area (TPSA) is 51.1 Å². The monoisotopic (exact) mass is 338 g/mol. The minimum Gasteiger partial charge on any atom is -0.356 e. The fourth-order valence-corrected chi connectivity index (χ4v) is 3.67. The Balaban J connectivity index is 1.97. The summed E-state index contributed by atoms with van der Waals surface area (Å²) in [5.41, 5.74) is 5.10. The van der Waals surface area contributed by atoms with Crippen molar-refractivity contribution in [3.63, 3.8) is 0 Å². The van der Waals surface area contributed by atoms with E-state index in [1.165, 1.54) is 5.56 Å². The number of fused-ring (bicyclic) bond motifs is 1. The predicted octanol–water partition coefficient (Wildman–Crippen LogP) is 3.43. The van der Waals surface area contributed by atoms with Crippen molar-refractivity contribution in [3.05, 3.63) is 58.4 Å². The quantitative estimate of drug-likeness (QED) is 0.877. The summed E-state index contributed by atoms with van der Waals surface area (Å²) in [5.74, 6) is 0.192. The van der Waals surface area contributed by atoms with E-state index >= 15 is 0 Å². The number of benzene rings is 1. The van der Waals surface area contributed by atoms with Crippen LogP contribution in [0.2, 0.25) is 0 Å². The van der Waals surface area contributed by atoms with Gasteiger partial charge in [-0.1, -0.05) is 37.3 Å². The van der Waals surface area contributed by atoms with E-state index in [9.17, 15) is 9.59 Å². The Morgan fingerprint density at radius 3 is 2.68 bits per heavy atom. The third-order valence-corrected chi connectivity index (χ3v) is 4.95. The summed E-state index contributed by atoms with van der Waals surface area (Å²) in [7, 11) is 0. The smallest absolute Gasteiger partial charge is 0.224 e. The molecule has 25 heavy (non-hydrogen) atoms. The van der Waals surface area contributed by atoms with Crippen molar-refractivity contribution in [1.82, 2.24) is 9.88 Å². The van der Waals surface area contributed by atoms with Gasteiger partial charge < -0.3 is 9.88 Å². The Kier molecular flexibility index (Phi) is 5.37. The molecule has 0 atom stereocenters. The van der Waals surface area contributed by atoms with Crippen LogP contribution in [0, 0.1) is 6.92 Å². The zero-order valence-electron chi connectivity index (χ0n) is 15.1. The van der Waals surface area contributed by atoms with Gasteiger partial charge in [0.25, 0.3) is 0 Å². The molecule has 1 amide bonds. The third-order valence-electron chi connectivity index (χ3n) is 4.95. The van der Waals surface area contributed by atoms with Crippen LogP contribution in [0.15, 0.2) is 30.3 Å². The first kappa shape index (κ1) is 17.5. The van der Waals surface area contributed by atoms with Crippen LogP contribution in [0.25, 0.3) is 0 Å². The molecule has 1 aromatic carbocycles. The molecule has 1 heterocycles. The fraction of sp³-hybridized carbons (Fsp3) is 0.429. The predicted molar refractivity (Wildman–Crippen MR) is 99.0 cm³/mol. The van der Waals surface area contributed by atoms with Gasteiger partial charge >= 0.3 is 0 Å². The summed E-state index contributed by atoms with van der Waals surface area (Å²) in [4.78, 5) is 24.8. The molecule has 3 rings (SSSR count). The van der Waals surface area contributed by atoms with Crippen LogP contribution in [0.1, 0.15) is 59.1 Å². The maximum absolute atomic E-state index is 12.6. The maximum Gasteiger partial charge on any atom is 0.224 e. The number of nitrogens with one attached hydrogen (secondary N) is 1. The summed E-state index contributed by atoms with van der Waals surface area (Å²) < 4.78 is 2.24. The van der Waals surface area contributed by atoms with E-state index in [1.807, 2.05) is 32.0 Å². The van der Waals surface area contributed by atoms with Crippen LogP contribution in [0.3, 0.4) is 0 Å². The molecule has 0 aliphatic heterocycles. The van der Waals surface area contributed by atoms with Gasteiger partial charge in [-0.2, -0.15) is 0 Å². The number of carbonyl (C=O) groups excluding carboxylic acids is 2. The summed E-state index contributed by atoms with van der Waals surface area (Å²) in [6.45, 7) is 5.50. The van der Waals surface area contributed by atoms with E-state index in [-0.39, 0.29) is 11.7 Å². The average Bonchev–Trinajstić information content (AvgIpc) is 2.88. The molecular weight excluding hydrogens is 312 g/mol. The maximum atomic E-state index is 12.6. The molecule has 1 aromatic heterocycles. The van der Waals surface area contributed by atoms with Gasteiger partial charge in [0.05, 0.1) is 6.42 Å². The SMILES string of the molecule is CCCNC(=O)Cc1c2c(n(Cc3ccccc3)c1C)CCCC2=O. The summed E-state index contributed by atoms with van der Waals surface area (Å²) in [6, 6.07) is 10.3. The largest absolute Gasteiger partial charge is 0.356 e. The number of carbonyl (C=O) groups is 2. The number of aromatic nitrogens is 1. The van der Waals surface area contributed by atoms with Crippen LogP contribution in [0.5, 0.6) is 0 Å². The van der Waals surface area contributed by atoms with Crippen molar-refractivity contribution in [1.29, 1.82) is 0 Å². The highest BCUT2D eigenvalue weighted by Crippen LogP contribution is 2.31. The molecular formula is C21H26N2O2. The van der Waals surface area contributed by atoms with E-state index in [4.69, 9.17) is 0 Å². The second kappa shape index (κ2) is 7.68. The van der Waals surface area contributed by atoms with Crippen molar-refractivity contribution in [3.8, 4) is 0 Å². The first-order valence-electron chi connectivity index (χ1n) is 9.16. The number of rotatable bonds is 6. The molecule has 0 fully saturated rings.